The Labute approximate surface area is 82.5 Å². The molecule has 6 nitrogen and oxygen atoms in total. The third kappa shape index (κ3) is 5.13. The minimum atomic E-state index is -1.10. The van der Waals surface area contributed by atoms with Gasteiger partial charge in [-0.15, -0.1) is 0 Å². The monoisotopic (exact) mass is 201 g/mol. The van der Waals surface area contributed by atoms with E-state index in [1.54, 1.807) is 13.8 Å². The van der Waals surface area contributed by atoms with Crippen LogP contribution in [0.4, 0.5) is 0 Å². The van der Waals surface area contributed by atoms with Gasteiger partial charge in [-0.25, -0.2) is 4.79 Å². The molecule has 0 fully saturated rings. The Kier molecular flexibility index (Phi) is 6.09. The lowest BCUT2D eigenvalue weighted by atomic mass is 10.1. The first-order valence-electron chi connectivity index (χ1n) is 3.98. The van der Waals surface area contributed by atoms with Crippen LogP contribution in [-0.2, 0) is 19.2 Å². The van der Waals surface area contributed by atoms with E-state index in [0.717, 1.165) is 0 Å². The molecule has 14 heavy (non-hydrogen) atoms. The molecule has 0 saturated heterocycles. The normalized spacial score (nSPS) is 15.4. The number of rotatable bonds is 7. The summed E-state index contributed by atoms with van der Waals surface area (Å²) in [4.78, 5) is 19.2. The molecule has 0 spiro atoms. The van der Waals surface area contributed by atoms with Crippen molar-refractivity contribution in [2.75, 3.05) is 13.7 Å². The third-order valence-electron chi connectivity index (χ3n) is 1.19. The van der Waals surface area contributed by atoms with Crippen molar-refractivity contribution >= 4 is 18.9 Å². The molecule has 1 atom stereocenters. The van der Waals surface area contributed by atoms with E-state index >= 15 is 0 Å². The molecule has 0 aromatic carbocycles. The molecule has 0 saturated carbocycles. The Morgan fingerprint density at radius 3 is 2.57 bits per heavy atom. The van der Waals surface area contributed by atoms with Crippen LogP contribution in [0.15, 0.2) is 10.3 Å². The predicted molar refractivity (Wildman–Crippen MR) is 50.8 cm³/mol. The molecule has 0 aliphatic rings. The maximum absolute atomic E-state index is 10.1. The van der Waals surface area contributed by atoms with Gasteiger partial charge in [0, 0.05) is 0 Å². The van der Waals surface area contributed by atoms with Crippen LogP contribution in [0.25, 0.3) is 0 Å². The van der Waals surface area contributed by atoms with Gasteiger partial charge in [0.25, 0.3) is 0 Å². The predicted octanol–water partition coefficient (Wildman–Crippen LogP) is 0.483. The second-order valence-corrected chi connectivity index (χ2v) is 2.44. The maximum Gasteiger partial charge on any atom is 0.418 e. The highest BCUT2D eigenvalue weighted by atomic mass is 16.6. The molecule has 0 N–H and O–H groups in total. The van der Waals surface area contributed by atoms with E-state index in [1.807, 2.05) is 0 Å². The van der Waals surface area contributed by atoms with Crippen molar-refractivity contribution in [3.8, 4) is 0 Å². The summed E-state index contributed by atoms with van der Waals surface area (Å²) >= 11 is 0. The second kappa shape index (κ2) is 6.88. The van der Waals surface area contributed by atoms with Crippen molar-refractivity contribution in [3.05, 3.63) is 0 Å². The molecule has 1 radical (unpaired) electrons. The zero-order valence-corrected chi connectivity index (χ0v) is 8.39. The number of hydrogen-bond acceptors (Lipinski definition) is 6. The van der Waals surface area contributed by atoms with Gasteiger partial charge < -0.3 is 14.4 Å². The lowest BCUT2D eigenvalue weighted by molar-refractivity contribution is 0.148. The average Bonchev–Trinajstić information content (AvgIpc) is 2.16. The van der Waals surface area contributed by atoms with E-state index in [2.05, 4.69) is 19.9 Å². The molecule has 0 aromatic heterocycles. The first-order chi connectivity index (χ1) is 6.68. The number of carbonyl (C=O) groups excluding carboxylic acids is 1. The summed E-state index contributed by atoms with van der Waals surface area (Å²) in [5.74, 6) is 0. The number of ether oxygens (including phenoxy) is 1. The van der Waals surface area contributed by atoms with Gasteiger partial charge in [-0.2, -0.15) is 0 Å². The largest absolute Gasteiger partial charge is 0.439 e. The van der Waals surface area contributed by atoms with Gasteiger partial charge in [0.2, 0.25) is 0 Å². The highest BCUT2D eigenvalue weighted by Gasteiger charge is 2.22. The summed E-state index contributed by atoms with van der Waals surface area (Å²) in [5.41, 5.74) is -1.10. The number of nitrogens with zero attached hydrogens (tertiary/aromatic N) is 2. The zero-order valence-electron chi connectivity index (χ0n) is 8.39. The molecule has 0 aliphatic carbocycles. The average molecular weight is 201 g/mol. The molecule has 0 rings (SSSR count). The van der Waals surface area contributed by atoms with E-state index < -0.39 is 5.60 Å². The quantitative estimate of drug-likeness (QED) is 0.444. The molecule has 0 aromatic rings. The minimum Gasteiger partial charge on any atom is -0.439 e. The molecular weight excluding hydrogens is 188 g/mol. The summed E-state index contributed by atoms with van der Waals surface area (Å²) in [5, 5.41) is 7.02. The van der Waals surface area contributed by atoms with Crippen LogP contribution in [0.2, 0.25) is 0 Å². The second-order valence-electron chi connectivity index (χ2n) is 2.44. The summed E-state index contributed by atoms with van der Waals surface area (Å²) < 4.78 is 4.61. The molecule has 0 amide bonds. The Balaban J connectivity index is 4.36. The first-order valence-corrected chi connectivity index (χ1v) is 3.98. The molecule has 0 aliphatic heterocycles. The number of oxime groups is 2. The Bertz CT molecular complexity index is 217. The summed E-state index contributed by atoms with van der Waals surface area (Å²) in [6.45, 7) is 5.07. The third-order valence-corrected chi connectivity index (χ3v) is 1.19. The molecular formula is C8H13N2O4. The fraction of sp³-hybridized carbons (Fsp3) is 0.625. The Morgan fingerprint density at radius 1 is 1.43 bits per heavy atom. The fourth-order valence-corrected chi connectivity index (χ4v) is 0.550. The summed E-state index contributed by atoms with van der Waals surface area (Å²) in [6, 6.07) is 0. The van der Waals surface area contributed by atoms with Gasteiger partial charge in [0.15, 0.2) is 5.60 Å². The van der Waals surface area contributed by atoms with Crippen molar-refractivity contribution < 1.29 is 19.2 Å². The molecule has 0 bridgehead atoms. The van der Waals surface area contributed by atoms with Gasteiger partial charge in [-0.1, -0.05) is 10.3 Å². The highest BCUT2D eigenvalue weighted by Crippen LogP contribution is 2.02. The van der Waals surface area contributed by atoms with Gasteiger partial charge in [0.05, 0.1) is 12.4 Å². The van der Waals surface area contributed by atoms with Crippen molar-refractivity contribution in [2.45, 2.75) is 19.4 Å². The van der Waals surface area contributed by atoms with E-state index in [9.17, 15) is 4.79 Å². The van der Waals surface area contributed by atoms with E-state index in [0.29, 0.717) is 6.61 Å². The van der Waals surface area contributed by atoms with Gasteiger partial charge in [-0.05, 0) is 13.8 Å². The van der Waals surface area contributed by atoms with Crippen LogP contribution in [0, 0.1) is 0 Å². The first kappa shape index (κ1) is 12.4. The Hall–Kier alpha value is -1.59. The molecule has 1 unspecified atom stereocenters. The van der Waals surface area contributed by atoms with Crippen LogP contribution < -0.4 is 0 Å². The van der Waals surface area contributed by atoms with Crippen LogP contribution in [0.5, 0.6) is 0 Å². The summed E-state index contributed by atoms with van der Waals surface area (Å²) in [6.07, 6.45) is 2.55. The van der Waals surface area contributed by atoms with Gasteiger partial charge in [0.1, 0.15) is 13.7 Å². The van der Waals surface area contributed by atoms with E-state index in [4.69, 9.17) is 4.84 Å². The lowest BCUT2D eigenvalue weighted by Gasteiger charge is -2.15. The van der Waals surface area contributed by atoms with Crippen molar-refractivity contribution in [2.24, 2.45) is 10.3 Å². The summed E-state index contributed by atoms with van der Waals surface area (Å²) in [7, 11) is 1.38. The lowest BCUT2D eigenvalue weighted by Crippen LogP contribution is -2.32. The minimum absolute atomic E-state index is 0.429. The Morgan fingerprint density at radius 2 is 2.07 bits per heavy atom. The van der Waals surface area contributed by atoms with Gasteiger partial charge in [-0.3, -0.25) is 0 Å². The molecule has 6 heteroatoms. The maximum atomic E-state index is 10.1. The van der Waals surface area contributed by atoms with Crippen LogP contribution in [-0.4, -0.2) is 38.2 Å². The zero-order chi connectivity index (χ0) is 10.9. The smallest absolute Gasteiger partial charge is 0.418 e. The van der Waals surface area contributed by atoms with Crippen molar-refractivity contribution in [1.82, 2.24) is 0 Å². The molecule has 79 valence electrons. The topological polar surface area (TPSA) is 69.5 Å². The fourth-order valence-electron chi connectivity index (χ4n) is 0.550. The van der Waals surface area contributed by atoms with Crippen LogP contribution >= 0.6 is 0 Å². The van der Waals surface area contributed by atoms with Crippen LogP contribution in [0.3, 0.4) is 0 Å². The van der Waals surface area contributed by atoms with Crippen molar-refractivity contribution in [1.29, 1.82) is 0 Å². The van der Waals surface area contributed by atoms with E-state index in [-0.39, 0.29) is 0 Å². The van der Waals surface area contributed by atoms with Crippen LogP contribution in [0.1, 0.15) is 13.8 Å². The van der Waals surface area contributed by atoms with E-state index in [1.165, 1.54) is 26.0 Å². The van der Waals surface area contributed by atoms with Crippen molar-refractivity contribution in [3.63, 3.8) is 0 Å². The highest BCUT2D eigenvalue weighted by molar-refractivity contribution is 5.93. The van der Waals surface area contributed by atoms with Gasteiger partial charge >= 0.3 is 6.47 Å². The molecule has 0 heterocycles. The standard InChI is InChI=1S/C8H13N2O4/c1-4-14-10-6-8(2,13-7-11)5-9-12-3/h5-6H,4H2,1-3H3. The number of hydrogen-bond donors (Lipinski definition) is 0. The SMILES string of the molecule is CCON=CC(C)(C=NOC)O[C]=O.